The lowest BCUT2D eigenvalue weighted by Crippen LogP contribution is -2.38. The molecule has 1 fully saturated rings. The van der Waals surface area contributed by atoms with Crippen LogP contribution < -0.4 is 5.32 Å². The highest BCUT2D eigenvalue weighted by Crippen LogP contribution is 2.13. The molecule has 1 heterocycles. The molecule has 0 amide bonds. The zero-order valence-corrected chi connectivity index (χ0v) is 11.1. The molecular formula is C14H29NO. The van der Waals surface area contributed by atoms with Crippen molar-refractivity contribution in [3.63, 3.8) is 0 Å². The van der Waals surface area contributed by atoms with Crippen LogP contribution in [-0.4, -0.2) is 25.3 Å². The van der Waals surface area contributed by atoms with Gasteiger partial charge >= 0.3 is 0 Å². The summed E-state index contributed by atoms with van der Waals surface area (Å²) >= 11 is 0. The molecule has 1 N–H and O–H groups in total. The summed E-state index contributed by atoms with van der Waals surface area (Å²) < 4.78 is 5.54. The molecule has 1 rings (SSSR count). The van der Waals surface area contributed by atoms with Gasteiger partial charge in [0.25, 0.3) is 0 Å². The fourth-order valence-electron chi connectivity index (χ4n) is 2.39. The Labute approximate surface area is 101 Å². The molecule has 0 aliphatic carbocycles. The third-order valence-electron chi connectivity index (χ3n) is 3.45. The standard InChI is InChI=1S/C14H29NO/c1-3-4-5-6-7-8-10-15-14-9-11-16-13(2)12-14/h13-15H,3-12H2,1-2H3. The highest BCUT2D eigenvalue weighted by Gasteiger charge is 2.17. The van der Waals surface area contributed by atoms with Gasteiger partial charge in [-0.25, -0.2) is 0 Å². The Morgan fingerprint density at radius 1 is 1.12 bits per heavy atom. The highest BCUT2D eigenvalue weighted by molar-refractivity contribution is 4.74. The molecule has 0 aromatic rings. The van der Waals surface area contributed by atoms with Crippen LogP contribution >= 0.6 is 0 Å². The Morgan fingerprint density at radius 2 is 1.88 bits per heavy atom. The maximum absolute atomic E-state index is 5.54. The third-order valence-corrected chi connectivity index (χ3v) is 3.45. The van der Waals surface area contributed by atoms with E-state index >= 15 is 0 Å². The van der Waals surface area contributed by atoms with Gasteiger partial charge in [0.2, 0.25) is 0 Å². The van der Waals surface area contributed by atoms with Gasteiger partial charge in [-0.15, -0.1) is 0 Å². The van der Waals surface area contributed by atoms with E-state index in [0.717, 1.165) is 6.61 Å². The van der Waals surface area contributed by atoms with Gasteiger partial charge < -0.3 is 10.1 Å². The molecule has 1 saturated heterocycles. The van der Waals surface area contributed by atoms with Gasteiger partial charge in [-0.1, -0.05) is 39.0 Å². The van der Waals surface area contributed by atoms with Crippen molar-refractivity contribution in [3.05, 3.63) is 0 Å². The van der Waals surface area contributed by atoms with Gasteiger partial charge in [-0.05, 0) is 32.7 Å². The van der Waals surface area contributed by atoms with Crippen molar-refractivity contribution in [2.24, 2.45) is 0 Å². The molecule has 2 nitrogen and oxygen atoms in total. The fraction of sp³-hybridized carbons (Fsp3) is 1.00. The van der Waals surface area contributed by atoms with E-state index < -0.39 is 0 Å². The zero-order chi connectivity index (χ0) is 11.6. The molecule has 1 aliphatic rings. The van der Waals surface area contributed by atoms with Crippen LogP contribution in [0.25, 0.3) is 0 Å². The van der Waals surface area contributed by atoms with Crippen molar-refractivity contribution in [1.82, 2.24) is 5.32 Å². The van der Waals surface area contributed by atoms with E-state index in [1.165, 1.54) is 57.9 Å². The molecule has 0 aromatic carbocycles. The fourth-order valence-corrected chi connectivity index (χ4v) is 2.39. The first-order valence-corrected chi connectivity index (χ1v) is 7.18. The van der Waals surface area contributed by atoms with E-state index in [-0.39, 0.29) is 0 Å². The van der Waals surface area contributed by atoms with Crippen LogP contribution in [0.15, 0.2) is 0 Å². The molecule has 0 radical (unpaired) electrons. The molecule has 0 aromatic heterocycles. The quantitative estimate of drug-likeness (QED) is 0.641. The van der Waals surface area contributed by atoms with Crippen molar-refractivity contribution in [2.45, 2.75) is 77.4 Å². The normalized spacial score (nSPS) is 25.9. The lowest BCUT2D eigenvalue weighted by molar-refractivity contribution is 0.0134. The van der Waals surface area contributed by atoms with Crippen LogP contribution in [0.4, 0.5) is 0 Å². The summed E-state index contributed by atoms with van der Waals surface area (Å²) in [5.74, 6) is 0. The summed E-state index contributed by atoms with van der Waals surface area (Å²) in [6.07, 6.45) is 11.2. The molecule has 0 bridgehead atoms. The largest absolute Gasteiger partial charge is 0.378 e. The summed E-state index contributed by atoms with van der Waals surface area (Å²) in [7, 11) is 0. The molecular weight excluding hydrogens is 198 g/mol. The Kier molecular flexibility index (Phi) is 7.87. The van der Waals surface area contributed by atoms with Gasteiger partial charge in [0, 0.05) is 12.6 Å². The van der Waals surface area contributed by atoms with Crippen molar-refractivity contribution >= 4 is 0 Å². The second-order valence-corrected chi connectivity index (χ2v) is 5.12. The molecule has 0 spiro atoms. The molecule has 1 aliphatic heterocycles. The van der Waals surface area contributed by atoms with Gasteiger partial charge in [-0.2, -0.15) is 0 Å². The Bertz CT molecular complexity index is 161. The summed E-state index contributed by atoms with van der Waals surface area (Å²) in [5, 5.41) is 3.66. The van der Waals surface area contributed by atoms with E-state index in [1.807, 2.05) is 0 Å². The Balaban J connectivity index is 1.86. The van der Waals surface area contributed by atoms with Gasteiger partial charge in [-0.3, -0.25) is 0 Å². The number of hydrogen-bond acceptors (Lipinski definition) is 2. The van der Waals surface area contributed by atoms with Gasteiger partial charge in [0.1, 0.15) is 0 Å². The summed E-state index contributed by atoms with van der Waals surface area (Å²) in [6.45, 7) is 6.59. The van der Waals surface area contributed by atoms with Crippen LogP contribution in [-0.2, 0) is 4.74 Å². The first kappa shape index (κ1) is 14.0. The van der Waals surface area contributed by atoms with Crippen LogP contribution in [0, 0.1) is 0 Å². The molecule has 2 unspecified atom stereocenters. The predicted octanol–water partition coefficient (Wildman–Crippen LogP) is 3.50. The van der Waals surface area contributed by atoms with Gasteiger partial charge in [0.15, 0.2) is 0 Å². The van der Waals surface area contributed by atoms with Crippen molar-refractivity contribution < 1.29 is 4.74 Å². The monoisotopic (exact) mass is 227 g/mol. The summed E-state index contributed by atoms with van der Waals surface area (Å²) in [6, 6.07) is 0.708. The van der Waals surface area contributed by atoms with Crippen molar-refractivity contribution in [3.8, 4) is 0 Å². The van der Waals surface area contributed by atoms with Gasteiger partial charge in [0.05, 0.1) is 6.10 Å². The van der Waals surface area contributed by atoms with E-state index in [2.05, 4.69) is 19.2 Å². The van der Waals surface area contributed by atoms with E-state index in [0.29, 0.717) is 12.1 Å². The smallest absolute Gasteiger partial charge is 0.0561 e. The minimum absolute atomic E-state index is 0.454. The third kappa shape index (κ3) is 6.49. The molecule has 2 atom stereocenters. The lowest BCUT2D eigenvalue weighted by atomic mass is 10.0. The maximum atomic E-state index is 5.54. The maximum Gasteiger partial charge on any atom is 0.0561 e. The van der Waals surface area contributed by atoms with Crippen molar-refractivity contribution in [2.75, 3.05) is 13.2 Å². The molecule has 96 valence electrons. The van der Waals surface area contributed by atoms with Crippen LogP contribution in [0.3, 0.4) is 0 Å². The number of unbranched alkanes of at least 4 members (excludes halogenated alkanes) is 5. The van der Waals surface area contributed by atoms with E-state index in [4.69, 9.17) is 4.74 Å². The van der Waals surface area contributed by atoms with Crippen LogP contribution in [0.2, 0.25) is 0 Å². The molecule has 16 heavy (non-hydrogen) atoms. The average Bonchev–Trinajstić information content (AvgIpc) is 2.28. The number of hydrogen-bond donors (Lipinski definition) is 1. The predicted molar refractivity (Wildman–Crippen MR) is 69.8 cm³/mol. The van der Waals surface area contributed by atoms with Crippen LogP contribution in [0.1, 0.15) is 65.2 Å². The topological polar surface area (TPSA) is 21.3 Å². The zero-order valence-electron chi connectivity index (χ0n) is 11.1. The summed E-state index contributed by atoms with van der Waals surface area (Å²) in [5.41, 5.74) is 0. The summed E-state index contributed by atoms with van der Waals surface area (Å²) in [4.78, 5) is 0. The lowest BCUT2D eigenvalue weighted by Gasteiger charge is -2.28. The minimum Gasteiger partial charge on any atom is -0.378 e. The van der Waals surface area contributed by atoms with E-state index in [9.17, 15) is 0 Å². The number of rotatable bonds is 8. The molecule has 0 saturated carbocycles. The van der Waals surface area contributed by atoms with Crippen molar-refractivity contribution in [1.29, 1.82) is 0 Å². The second-order valence-electron chi connectivity index (χ2n) is 5.12. The Hall–Kier alpha value is -0.0800. The second kappa shape index (κ2) is 9.00. The SMILES string of the molecule is CCCCCCCCNC1CCOC(C)C1. The first-order valence-electron chi connectivity index (χ1n) is 7.18. The first-order chi connectivity index (χ1) is 7.83. The number of ether oxygens (including phenoxy) is 1. The highest BCUT2D eigenvalue weighted by atomic mass is 16.5. The average molecular weight is 227 g/mol. The minimum atomic E-state index is 0.454. The van der Waals surface area contributed by atoms with E-state index in [1.54, 1.807) is 0 Å². The Morgan fingerprint density at radius 3 is 2.62 bits per heavy atom. The number of nitrogens with one attached hydrogen (secondary N) is 1. The molecule has 2 heteroatoms. The van der Waals surface area contributed by atoms with Crippen LogP contribution in [0.5, 0.6) is 0 Å².